The first-order valence-electron chi connectivity index (χ1n) is 6.70. The third-order valence-electron chi connectivity index (χ3n) is 3.59. The van der Waals surface area contributed by atoms with Gasteiger partial charge in [0.25, 0.3) is 0 Å². The number of hydrogen-bond acceptors (Lipinski definition) is 7. The fourth-order valence-corrected chi connectivity index (χ4v) is 2.85. The van der Waals surface area contributed by atoms with Crippen LogP contribution in [0, 0.1) is 5.92 Å². The van der Waals surface area contributed by atoms with Gasteiger partial charge in [0.15, 0.2) is 0 Å². The van der Waals surface area contributed by atoms with Gasteiger partial charge in [-0.05, 0) is 43.5 Å². The Morgan fingerprint density at radius 2 is 1.77 bits per heavy atom. The summed E-state index contributed by atoms with van der Waals surface area (Å²) in [7, 11) is -3.74. The molecule has 0 aromatic heterocycles. The number of carboxylic acid groups (broad SMARTS) is 1. The largest absolute Gasteiger partial charge is 0.481 e. The normalized spacial score (nSPS) is 27.0. The summed E-state index contributed by atoms with van der Waals surface area (Å²) in [6, 6.07) is 5.32. The summed E-state index contributed by atoms with van der Waals surface area (Å²) in [6.07, 6.45) is 0.308. The molecular formula is C13H18N2O6S. The molecule has 22 heavy (non-hydrogen) atoms. The highest BCUT2D eigenvalue weighted by Crippen LogP contribution is 2.43. The van der Waals surface area contributed by atoms with Crippen molar-refractivity contribution in [1.82, 2.24) is 0 Å². The number of aliphatic hydroxyl groups excluding tert-OH is 1. The van der Waals surface area contributed by atoms with E-state index < -0.39 is 28.9 Å². The van der Waals surface area contributed by atoms with Crippen LogP contribution in [0.25, 0.3) is 0 Å². The smallest absolute Gasteiger partial charge is 0.309 e. The van der Waals surface area contributed by atoms with Crippen LogP contribution in [-0.4, -0.2) is 42.0 Å². The fourth-order valence-electron chi connectivity index (χ4n) is 2.35. The Bertz CT molecular complexity index is 557. The van der Waals surface area contributed by atoms with Gasteiger partial charge < -0.3 is 23.9 Å². The molecule has 0 heterocycles. The van der Waals surface area contributed by atoms with E-state index in [0.29, 0.717) is 18.5 Å². The van der Waals surface area contributed by atoms with Crippen molar-refractivity contribution >= 4 is 22.5 Å². The van der Waals surface area contributed by atoms with Gasteiger partial charge in [-0.15, -0.1) is 0 Å². The highest BCUT2D eigenvalue weighted by Gasteiger charge is 2.34. The molecule has 2 rings (SSSR count). The minimum Gasteiger partial charge on any atom is -0.481 e. The summed E-state index contributed by atoms with van der Waals surface area (Å²) in [5, 5.41) is 26.7. The lowest BCUT2D eigenvalue weighted by atomic mass is 9.84. The van der Waals surface area contributed by atoms with Crippen molar-refractivity contribution < 1.29 is 28.7 Å². The molecule has 0 saturated heterocycles. The first kappa shape index (κ1) is 16.8. The molecule has 3 unspecified atom stereocenters. The summed E-state index contributed by atoms with van der Waals surface area (Å²) >= 11 is 0. The van der Waals surface area contributed by atoms with Crippen molar-refractivity contribution in [2.45, 2.75) is 36.3 Å². The molecule has 1 saturated carbocycles. The van der Waals surface area contributed by atoms with E-state index in [1.165, 1.54) is 24.3 Å². The van der Waals surface area contributed by atoms with Crippen molar-refractivity contribution in [2.24, 2.45) is 16.1 Å². The predicted octanol–water partition coefficient (Wildman–Crippen LogP) is 2.97. The Morgan fingerprint density at radius 1 is 1.14 bits per heavy atom. The fraction of sp³-hybridized carbons (Fsp3) is 0.462. The van der Waals surface area contributed by atoms with Gasteiger partial charge in [-0.3, -0.25) is 4.79 Å². The van der Waals surface area contributed by atoms with Crippen LogP contribution in [-0.2, 0) is 4.79 Å². The maximum absolute atomic E-state index is 11.0. The van der Waals surface area contributed by atoms with Crippen LogP contribution < -0.4 is 0 Å². The second-order valence-corrected chi connectivity index (χ2v) is 6.72. The Kier molecular flexibility index (Phi) is 5.14. The molecule has 8 nitrogen and oxygen atoms in total. The average Bonchev–Trinajstić information content (AvgIpc) is 2.45. The van der Waals surface area contributed by atoms with Gasteiger partial charge in [0.2, 0.25) is 0 Å². The molecule has 0 amide bonds. The van der Waals surface area contributed by atoms with E-state index >= 15 is 0 Å². The minimum absolute atomic E-state index is 0.0156. The van der Waals surface area contributed by atoms with Crippen molar-refractivity contribution in [3.63, 3.8) is 0 Å². The van der Waals surface area contributed by atoms with E-state index in [2.05, 4.69) is 10.2 Å². The maximum Gasteiger partial charge on any atom is 0.309 e. The van der Waals surface area contributed by atoms with Crippen molar-refractivity contribution in [3.05, 3.63) is 24.3 Å². The van der Waals surface area contributed by atoms with Gasteiger partial charge in [-0.2, -0.15) is 10.2 Å². The van der Waals surface area contributed by atoms with E-state index in [1.807, 2.05) is 0 Å². The summed E-state index contributed by atoms with van der Waals surface area (Å²) in [6.45, 7) is 0. The number of carbonyl (C=O) groups is 1. The number of aliphatic hydroxyl groups is 1. The van der Waals surface area contributed by atoms with Crippen LogP contribution in [0.2, 0.25) is 0 Å². The summed E-state index contributed by atoms with van der Waals surface area (Å²) < 4.78 is 27.2. The Labute approximate surface area is 128 Å². The first-order valence-corrected chi connectivity index (χ1v) is 8.20. The number of nitrogens with zero attached hydrogens (tertiary/aromatic N) is 2. The standard InChI is InChI=1S/C13H18N2O6S/c16-12-6-3-9(7-11(12)13(17)18)15-14-8-1-4-10(5-2-8)22(19,20)21/h1-2,4-5,9,11-12,16,19-21H,3,6-7H2,(H,17,18). The SMILES string of the molecule is O=C(O)C1CC(N=Nc2ccc(S(O)(O)O)cc2)CCC1O. The number of benzene rings is 1. The average molecular weight is 330 g/mol. The van der Waals surface area contributed by atoms with Gasteiger partial charge in [-0.1, -0.05) is 0 Å². The number of rotatable bonds is 4. The zero-order valence-corrected chi connectivity index (χ0v) is 12.4. The van der Waals surface area contributed by atoms with E-state index in [0.717, 1.165) is 0 Å². The number of aliphatic carboxylic acids is 1. The third-order valence-corrected chi connectivity index (χ3v) is 4.50. The highest BCUT2D eigenvalue weighted by atomic mass is 32.3. The molecule has 1 aromatic rings. The van der Waals surface area contributed by atoms with Crippen molar-refractivity contribution in [1.29, 1.82) is 0 Å². The van der Waals surface area contributed by atoms with Crippen molar-refractivity contribution in [2.75, 3.05) is 0 Å². The Hall–Kier alpha value is -1.52. The molecule has 0 spiro atoms. The van der Waals surface area contributed by atoms with Crippen LogP contribution >= 0.6 is 10.9 Å². The van der Waals surface area contributed by atoms with Gasteiger partial charge >= 0.3 is 5.97 Å². The van der Waals surface area contributed by atoms with E-state index in [-0.39, 0.29) is 17.4 Å². The molecule has 9 heteroatoms. The van der Waals surface area contributed by atoms with Gasteiger partial charge in [0, 0.05) is 0 Å². The van der Waals surface area contributed by atoms with Crippen LogP contribution in [0.1, 0.15) is 19.3 Å². The Balaban J connectivity index is 2.01. The zero-order valence-electron chi connectivity index (χ0n) is 11.6. The number of hydrogen-bond donors (Lipinski definition) is 5. The third kappa shape index (κ3) is 4.24. The van der Waals surface area contributed by atoms with Gasteiger partial charge in [-0.25, -0.2) is 0 Å². The lowest BCUT2D eigenvalue weighted by Gasteiger charge is -2.27. The molecular weight excluding hydrogens is 312 g/mol. The maximum atomic E-state index is 11.0. The lowest BCUT2D eigenvalue weighted by Crippen LogP contribution is -2.36. The van der Waals surface area contributed by atoms with Crippen LogP contribution in [0.3, 0.4) is 0 Å². The first-order chi connectivity index (χ1) is 10.3. The molecule has 1 aliphatic carbocycles. The zero-order chi connectivity index (χ0) is 16.3. The quantitative estimate of drug-likeness (QED) is 0.537. The molecule has 122 valence electrons. The van der Waals surface area contributed by atoms with Crippen LogP contribution in [0.15, 0.2) is 39.4 Å². The molecule has 5 N–H and O–H groups in total. The van der Waals surface area contributed by atoms with Crippen molar-refractivity contribution in [3.8, 4) is 0 Å². The molecule has 0 radical (unpaired) electrons. The summed E-state index contributed by atoms with van der Waals surface area (Å²) in [4.78, 5) is 11.0. The highest BCUT2D eigenvalue weighted by molar-refractivity contribution is 8.19. The Morgan fingerprint density at radius 3 is 2.32 bits per heavy atom. The molecule has 1 fully saturated rings. The topological polar surface area (TPSA) is 143 Å². The monoisotopic (exact) mass is 330 g/mol. The number of azo groups is 1. The summed E-state index contributed by atoms with van der Waals surface area (Å²) in [5.41, 5.74) is 0.449. The van der Waals surface area contributed by atoms with Gasteiger partial charge in [0.1, 0.15) is 10.9 Å². The second-order valence-electron chi connectivity index (χ2n) is 5.21. The van der Waals surface area contributed by atoms with Gasteiger partial charge in [0.05, 0.1) is 28.6 Å². The molecule has 1 aromatic carbocycles. The predicted molar refractivity (Wildman–Crippen MR) is 79.5 cm³/mol. The lowest BCUT2D eigenvalue weighted by molar-refractivity contribution is -0.147. The van der Waals surface area contributed by atoms with E-state index in [9.17, 15) is 9.90 Å². The molecule has 1 aliphatic rings. The molecule has 0 aliphatic heterocycles. The number of carboxylic acids is 1. The van der Waals surface area contributed by atoms with Crippen LogP contribution in [0.5, 0.6) is 0 Å². The molecule has 0 bridgehead atoms. The molecule has 3 atom stereocenters. The van der Waals surface area contributed by atoms with E-state index in [1.54, 1.807) is 0 Å². The summed E-state index contributed by atoms with van der Waals surface area (Å²) in [5.74, 6) is -1.87. The van der Waals surface area contributed by atoms with Crippen LogP contribution in [0.4, 0.5) is 5.69 Å². The minimum atomic E-state index is -3.74. The van der Waals surface area contributed by atoms with E-state index in [4.69, 9.17) is 18.8 Å². The second kappa shape index (κ2) is 6.71.